The summed E-state index contributed by atoms with van der Waals surface area (Å²) in [5.41, 5.74) is 0.432. The van der Waals surface area contributed by atoms with E-state index in [9.17, 15) is 9.90 Å². The highest BCUT2D eigenvalue weighted by Crippen LogP contribution is 2.30. The lowest BCUT2D eigenvalue weighted by molar-refractivity contribution is 0.473. The zero-order valence-corrected chi connectivity index (χ0v) is 8.41. The maximum atomic E-state index is 11.1. The quantitative estimate of drug-likeness (QED) is 0.755. The number of hydrogen-bond acceptors (Lipinski definition) is 3. The van der Waals surface area contributed by atoms with Crippen LogP contribution < -0.4 is 5.63 Å². The monoisotopic (exact) mass is 222 g/mol. The second-order valence-electron chi connectivity index (χ2n) is 3.02. The summed E-state index contributed by atoms with van der Waals surface area (Å²) >= 11 is 5.75. The average molecular weight is 223 g/mol. The van der Waals surface area contributed by atoms with E-state index in [0.717, 1.165) is 0 Å². The molecule has 0 atom stereocenters. The van der Waals surface area contributed by atoms with Crippen molar-refractivity contribution in [2.45, 2.75) is 0 Å². The Hall–Kier alpha value is -1.74. The van der Waals surface area contributed by atoms with Gasteiger partial charge in [0.15, 0.2) is 0 Å². The van der Waals surface area contributed by atoms with Gasteiger partial charge in [0.25, 0.3) is 0 Å². The Balaban J connectivity index is 2.97. The molecule has 0 fully saturated rings. The van der Waals surface area contributed by atoms with Crippen molar-refractivity contribution in [2.24, 2.45) is 0 Å². The van der Waals surface area contributed by atoms with Gasteiger partial charge >= 0.3 is 5.63 Å². The van der Waals surface area contributed by atoms with Gasteiger partial charge in [0.1, 0.15) is 11.3 Å². The SMILES string of the molecule is C=Cc1cc(=O)oc2cc(O)c(Cl)cc12. The van der Waals surface area contributed by atoms with Crippen molar-refractivity contribution in [2.75, 3.05) is 0 Å². The number of rotatable bonds is 1. The molecule has 0 radical (unpaired) electrons. The van der Waals surface area contributed by atoms with Gasteiger partial charge in [-0.2, -0.15) is 0 Å². The number of fused-ring (bicyclic) bond motifs is 1. The highest BCUT2D eigenvalue weighted by atomic mass is 35.5. The van der Waals surface area contributed by atoms with Crippen molar-refractivity contribution in [3.8, 4) is 5.75 Å². The van der Waals surface area contributed by atoms with Crippen LogP contribution in [0.1, 0.15) is 5.56 Å². The predicted molar refractivity (Wildman–Crippen MR) is 59.2 cm³/mol. The topological polar surface area (TPSA) is 50.4 Å². The summed E-state index contributed by atoms with van der Waals surface area (Å²) in [4.78, 5) is 11.1. The van der Waals surface area contributed by atoms with Gasteiger partial charge in [-0.1, -0.05) is 24.3 Å². The van der Waals surface area contributed by atoms with E-state index in [1.807, 2.05) is 0 Å². The van der Waals surface area contributed by atoms with E-state index in [1.54, 1.807) is 0 Å². The lowest BCUT2D eigenvalue weighted by Crippen LogP contribution is -1.97. The molecule has 3 nitrogen and oxygen atoms in total. The van der Waals surface area contributed by atoms with E-state index < -0.39 is 5.63 Å². The molecule has 0 aliphatic rings. The van der Waals surface area contributed by atoms with Crippen LogP contribution in [0.5, 0.6) is 5.75 Å². The third-order valence-corrected chi connectivity index (χ3v) is 2.37. The molecular weight excluding hydrogens is 216 g/mol. The van der Waals surface area contributed by atoms with Crippen molar-refractivity contribution < 1.29 is 9.52 Å². The van der Waals surface area contributed by atoms with Gasteiger partial charge in [-0.25, -0.2) is 4.79 Å². The standard InChI is InChI=1S/C11H7ClO3/c1-2-6-3-11(14)15-10-5-9(13)8(12)4-7(6)10/h2-5,13H,1H2. The number of phenols is 1. The molecule has 76 valence electrons. The zero-order chi connectivity index (χ0) is 11.0. The minimum absolute atomic E-state index is 0.117. The Bertz CT molecular complexity index is 599. The van der Waals surface area contributed by atoms with Crippen LogP contribution in [-0.2, 0) is 0 Å². The molecule has 0 spiro atoms. The molecular formula is C11H7ClO3. The summed E-state index contributed by atoms with van der Waals surface area (Å²) in [6.45, 7) is 3.59. The fourth-order valence-corrected chi connectivity index (χ4v) is 1.53. The normalized spacial score (nSPS) is 10.5. The van der Waals surface area contributed by atoms with E-state index >= 15 is 0 Å². The molecule has 1 N–H and O–H groups in total. The van der Waals surface area contributed by atoms with Crippen LogP contribution >= 0.6 is 11.6 Å². The Kier molecular flexibility index (Phi) is 2.25. The summed E-state index contributed by atoms with van der Waals surface area (Å²) < 4.78 is 4.92. The summed E-state index contributed by atoms with van der Waals surface area (Å²) in [5.74, 6) is -0.117. The van der Waals surface area contributed by atoms with Gasteiger partial charge in [0.05, 0.1) is 5.02 Å². The van der Waals surface area contributed by atoms with Crippen molar-refractivity contribution in [1.82, 2.24) is 0 Å². The first kappa shape index (κ1) is 9.80. The fourth-order valence-electron chi connectivity index (χ4n) is 1.36. The van der Waals surface area contributed by atoms with E-state index in [2.05, 4.69) is 6.58 Å². The van der Waals surface area contributed by atoms with E-state index in [1.165, 1.54) is 24.3 Å². The van der Waals surface area contributed by atoms with Crippen molar-refractivity contribution >= 4 is 28.6 Å². The Labute approximate surface area is 90.2 Å². The van der Waals surface area contributed by atoms with Gasteiger partial charge in [0.2, 0.25) is 0 Å². The maximum absolute atomic E-state index is 11.1. The molecule has 0 saturated heterocycles. The number of aromatic hydroxyl groups is 1. The Morgan fingerprint density at radius 3 is 2.80 bits per heavy atom. The average Bonchev–Trinajstić information content (AvgIpc) is 2.19. The van der Waals surface area contributed by atoms with E-state index in [4.69, 9.17) is 16.0 Å². The number of phenolic OH excluding ortho intramolecular Hbond substituents is 1. The second kappa shape index (κ2) is 3.44. The minimum Gasteiger partial charge on any atom is -0.506 e. The van der Waals surface area contributed by atoms with Crippen LogP contribution in [-0.4, -0.2) is 5.11 Å². The first-order valence-electron chi connectivity index (χ1n) is 4.20. The van der Waals surface area contributed by atoms with Crippen molar-refractivity contribution in [3.05, 3.63) is 45.8 Å². The van der Waals surface area contributed by atoms with Gasteiger partial charge in [-0.15, -0.1) is 0 Å². The third kappa shape index (κ3) is 1.62. The van der Waals surface area contributed by atoms with E-state index in [0.29, 0.717) is 16.5 Å². The second-order valence-corrected chi connectivity index (χ2v) is 3.43. The molecule has 0 amide bonds. The number of hydrogen-bond donors (Lipinski definition) is 1. The van der Waals surface area contributed by atoms with Crippen LogP contribution in [0, 0.1) is 0 Å². The largest absolute Gasteiger partial charge is 0.506 e. The molecule has 15 heavy (non-hydrogen) atoms. The van der Waals surface area contributed by atoms with Crippen LogP contribution in [0.2, 0.25) is 5.02 Å². The third-order valence-electron chi connectivity index (χ3n) is 2.06. The summed E-state index contributed by atoms with van der Waals surface area (Å²) in [5, 5.41) is 10.2. The van der Waals surface area contributed by atoms with Crippen LogP contribution in [0.25, 0.3) is 17.0 Å². The number of halogens is 1. The highest BCUT2D eigenvalue weighted by Gasteiger charge is 2.07. The van der Waals surface area contributed by atoms with Crippen LogP contribution in [0.15, 0.2) is 34.0 Å². The molecule has 0 aliphatic carbocycles. The smallest absolute Gasteiger partial charge is 0.336 e. The number of benzene rings is 1. The molecule has 1 heterocycles. The maximum Gasteiger partial charge on any atom is 0.336 e. The zero-order valence-electron chi connectivity index (χ0n) is 7.66. The molecule has 0 saturated carbocycles. The minimum atomic E-state index is -0.487. The lowest BCUT2D eigenvalue weighted by atomic mass is 10.1. The predicted octanol–water partition coefficient (Wildman–Crippen LogP) is 2.80. The van der Waals surface area contributed by atoms with E-state index in [-0.39, 0.29) is 10.8 Å². The lowest BCUT2D eigenvalue weighted by Gasteiger charge is -2.02. The molecule has 0 aliphatic heterocycles. The van der Waals surface area contributed by atoms with Crippen LogP contribution in [0.4, 0.5) is 0 Å². The first-order valence-corrected chi connectivity index (χ1v) is 4.58. The van der Waals surface area contributed by atoms with Gasteiger partial charge in [-0.3, -0.25) is 0 Å². The van der Waals surface area contributed by atoms with Gasteiger partial charge in [-0.05, 0) is 11.6 Å². The summed E-state index contributed by atoms with van der Waals surface area (Å²) in [6.07, 6.45) is 1.53. The molecule has 0 unspecified atom stereocenters. The Morgan fingerprint density at radius 1 is 1.40 bits per heavy atom. The van der Waals surface area contributed by atoms with Gasteiger partial charge in [0, 0.05) is 17.5 Å². The van der Waals surface area contributed by atoms with Gasteiger partial charge < -0.3 is 9.52 Å². The molecule has 0 bridgehead atoms. The molecule has 2 aromatic rings. The fraction of sp³-hybridized carbons (Fsp3) is 0. The molecule has 4 heteroatoms. The van der Waals surface area contributed by atoms with Crippen molar-refractivity contribution in [1.29, 1.82) is 0 Å². The Morgan fingerprint density at radius 2 is 2.13 bits per heavy atom. The summed E-state index contributed by atoms with van der Waals surface area (Å²) in [6, 6.07) is 4.17. The molecule has 1 aromatic carbocycles. The highest BCUT2D eigenvalue weighted by molar-refractivity contribution is 6.32. The first-order chi connectivity index (χ1) is 7.11. The van der Waals surface area contributed by atoms with Crippen molar-refractivity contribution in [3.63, 3.8) is 0 Å². The van der Waals surface area contributed by atoms with Crippen LogP contribution in [0.3, 0.4) is 0 Å². The molecule has 1 aromatic heterocycles. The summed E-state index contributed by atoms with van der Waals surface area (Å²) in [7, 11) is 0. The molecule has 2 rings (SSSR count).